The number of carbonyl (C=O) groups excluding carboxylic acids is 1. The van der Waals surface area contributed by atoms with Crippen molar-refractivity contribution < 1.29 is 4.79 Å². The lowest BCUT2D eigenvalue weighted by Crippen LogP contribution is -2.25. The van der Waals surface area contributed by atoms with Crippen LogP contribution in [0.4, 0.5) is 0 Å². The van der Waals surface area contributed by atoms with Crippen LogP contribution in [-0.2, 0) is 7.05 Å². The highest BCUT2D eigenvalue weighted by molar-refractivity contribution is 7.80. The monoisotopic (exact) mass is 254 g/mol. The molecule has 17 heavy (non-hydrogen) atoms. The number of unbranched alkanes of at least 4 members (excludes halogenated alkanes) is 1. The molecule has 0 radical (unpaired) electrons. The van der Waals surface area contributed by atoms with Crippen LogP contribution in [0.1, 0.15) is 35.3 Å². The molecule has 94 valence electrons. The van der Waals surface area contributed by atoms with Gasteiger partial charge in [0, 0.05) is 19.3 Å². The summed E-state index contributed by atoms with van der Waals surface area (Å²) in [6.07, 6.45) is 4.10. The molecule has 1 heterocycles. The third kappa shape index (κ3) is 4.14. The number of nitrogens with one attached hydrogen (secondary N) is 1. The van der Waals surface area contributed by atoms with E-state index >= 15 is 0 Å². The van der Waals surface area contributed by atoms with Crippen molar-refractivity contribution in [3.63, 3.8) is 0 Å². The van der Waals surface area contributed by atoms with Crippen molar-refractivity contribution in [1.29, 1.82) is 0 Å². The fourth-order valence-electron chi connectivity index (χ4n) is 1.44. The summed E-state index contributed by atoms with van der Waals surface area (Å²) in [4.78, 5) is 12.3. The van der Waals surface area contributed by atoms with Gasteiger partial charge in [-0.15, -0.1) is 0 Å². The number of thiocarbonyl (C=S) groups is 1. The predicted molar refractivity (Wildman–Crippen MR) is 70.9 cm³/mol. The van der Waals surface area contributed by atoms with Gasteiger partial charge in [0.05, 0.1) is 16.7 Å². The van der Waals surface area contributed by atoms with Gasteiger partial charge in [-0.1, -0.05) is 12.2 Å². The van der Waals surface area contributed by atoms with Gasteiger partial charge in [0.1, 0.15) is 0 Å². The maximum Gasteiger partial charge on any atom is 0.254 e. The number of hydrogen-bond acceptors (Lipinski definition) is 3. The first-order chi connectivity index (χ1) is 8.02. The molecule has 0 fully saturated rings. The molecule has 5 nitrogen and oxygen atoms in total. The minimum Gasteiger partial charge on any atom is -0.393 e. The minimum atomic E-state index is -0.0778. The molecule has 0 atom stereocenters. The fraction of sp³-hybridized carbons (Fsp3) is 0.545. The second-order valence-corrected chi connectivity index (χ2v) is 4.47. The third-order valence-electron chi connectivity index (χ3n) is 2.62. The second kappa shape index (κ2) is 6.34. The van der Waals surface area contributed by atoms with Crippen LogP contribution in [0, 0.1) is 6.92 Å². The largest absolute Gasteiger partial charge is 0.393 e. The smallest absolute Gasteiger partial charge is 0.254 e. The molecule has 0 saturated heterocycles. The van der Waals surface area contributed by atoms with Crippen LogP contribution in [0.5, 0.6) is 0 Å². The first-order valence-electron chi connectivity index (χ1n) is 5.57. The molecule has 0 aliphatic rings. The Morgan fingerprint density at radius 3 is 2.82 bits per heavy atom. The standard InChI is InChI=1S/C11H18N4OS/c1-8-9(7-14-15(8)2)11(16)13-6-4-3-5-10(12)17/h7H,3-6H2,1-2H3,(H2,12,17)(H,13,16). The van der Waals surface area contributed by atoms with Crippen molar-refractivity contribution in [2.24, 2.45) is 12.8 Å². The van der Waals surface area contributed by atoms with Crippen molar-refractivity contribution >= 4 is 23.1 Å². The Morgan fingerprint density at radius 1 is 1.59 bits per heavy atom. The SMILES string of the molecule is Cc1c(C(=O)NCCCCC(N)=S)cnn1C. The molecule has 0 bridgehead atoms. The quantitative estimate of drug-likeness (QED) is 0.585. The molecule has 3 N–H and O–H groups in total. The predicted octanol–water partition coefficient (Wildman–Crippen LogP) is 0.915. The maximum atomic E-state index is 11.8. The average Bonchev–Trinajstić information content (AvgIpc) is 2.59. The third-order valence-corrected chi connectivity index (χ3v) is 2.82. The van der Waals surface area contributed by atoms with Gasteiger partial charge in [0.15, 0.2) is 0 Å². The van der Waals surface area contributed by atoms with Crippen molar-refractivity contribution in [2.45, 2.75) is 26.2 Å². The Labute approximate surface area is 106 Å². The van der Waals surface area contributed by atoms with Crippen molar-refractivity contribution in [2.75, 3.05) is 6.54 Å². The van der Waals surface area contributed by atoms with Crippen LogP contribution in [0.15, 0.2) is 6.20 Å². The molecule has 0 aliphatic heterocycles. The van der Waals surface area contributed by atoms with Crippen molar-refractivity contribution in [3.05, 3.63) is 17.5 Å². The first kappa shape index (κ1) is 13.6. The summed E-state index contributed by atoms with van der Waals surface area (Å²) in [6, 6.07) is 0. The van der Waals surface area contributed by atoms with Crippen LogP contribution in [0.2, 0.25) is 0 Å². The lowest BCUT2D eigenvalue weighted by Gasteiger charge is -2.04. The zero-order valence-corrected chi connectivity index (χ0v) is 11.0. The second-order valence-electron chi connectivity index (χ2n) is 3.95. The zero-order chi connectivity index (χ0) is 12.8. The van der Waals surface area contributed by atoms with Crippen LogP contribution in [-0.4, -0.2) is 27.2 Å². The van der Waals surface area contributed by atoms with Crippen molar-refractivity contribution in [1.82, 2.24) is 15.1 Å². The fourth-order valence-corrected chi connectivity index (χ4v) is 1.59. The molecule has 0 saturated carbocycles. The molecule has 1 aromatic heterocycles. The summed E-state index contributed by atoms with van der Waals surface area (Å²) in [5, 5.41) is 6.88. The number of rotatable bonds is 6. The van der Waals surface area contributed by atoms with E-state index in [4.69, 9.17) is 18.0 Å². The van der Waals surface area contributed by atoms with Crippen LogP contribution in [0.25, 0.3) is 0 Å². The maximum absolute atomic E-state index is 11.8. The van der Waals surface area contributed by atoms with Crippen LogP contribution in [0.3, 0.4) is 0 Å². The Morgan fingerprint density at radius 2 is 2.29 bits per heavy atom. The summed E-state index contributed by atoms with van der Waals surface area (Å²) < 4.78 is 1.68. The molecule has 0 aromatic carbocycles. The van der Waals surface area contributed by atoms with E-state index in [1.165, 1.54) is 0 Å². The van der Waals surface area contributed by atoms with Crippen molar-refractivity contribution in [3.8, 4) is 0 Å². The summed E-state index contributed by atoms with van der Waals surface area (Å²) >= 11 is 4.77. The van der Waals surface area contributed by atoms with Crippen LogP contribution < -0.4 is 11.1 Å². The van der Waals surface area contributed by atoms with E-state index < -0.39 is 0 Å². The van der Waals surface area contributed by atoms with E-state index in [-0.39, 0.29) is 5.91 Å². The molecule has 1 amide bonds. The van der Waals surface area contributed by atoms with Gasteiger partial charge >= 0.3 is 0 Å². The summed E-state index contributed by atoms with van der Waals surface area (Å²) in [5.41, 5.74) is 6.87. The molecule has 6 heteroatoms. The van der Waals surface area contributed by atoms with E-state index in [1.54, 1.807) is 10.9 Å². The zero-order valence-electron chi connectivity index (χ0n) is 10.2. The van der Waals surface area contributed by atoms with Gasteiger partial charge in [-0.05, 0) is 26.2 Å². The van der Waals surface area contributed by atoms with E-state index in [0.29, 0.717) is 17.1 Å². The van der Waals surface area contributed by atoms with Gasteiger partial charge in [0.2, 0.25) is 0 Å². The van der Waals surface area contributed by atoms with Gasteiger partial charge < -0.3 is 11.1 Å². The lowest BCUT2D eigenvalue weighted by molar-refractivity contribution is 0.0952. The average molecular weight is 254 g/mol. The van der Waals surface area contributed by atoms with E-state index in [2.05, 4.69) is 10.4 Å². The molecule has 0 unspecified atom stereocenters. The van der Waals surface area contributed by atoms with Gasteiger partial charge in [0.25, 0.3) is 5.91 Å². The number of nitrogens with two attached hydrogens (primary N) is 1. The highest BCUT2D eigenvalue weighted by Crippen LogP contribution is 2.05. The summed E-state index contributed by atoms with van der Waals surface area (Å²) in [5.74, 6) is -0.0778. The van der Waals surface area contributed by atoms with E-state index in [0.717, 1.165) is 25.0 Å². The number of hydrogen-bond donors (Lipinski definition) is 2. The first-order valence-corrected chi connectivity index (χ1v) is 5.98. The molecular weight excluding hydrogens is 236 g/mol. The Hall–Kier alpha value is -1.43. The number of aromatic nitrogens is 2. The molecule has 1 rings (SSSR count). The lowest BCUT2D eigenvalue weighted by atomic mass is 10.2. The number of aryl methyl sites for hydroxylation is 1. The molecule has 0 aliphatic carbocycles. The van der Waals surface area contributed by atoms with Gasteiger partial charge in [-0.3, -0.25) is 9.48 Å². The van der Waals surface area contributed by atoms with E-state index in [9.17, 15) is 4.79 Å². The Balaban J connectivity index is 2.31. The van der Waals surface area contributed by atoms with E-state index in [1.807, 2.05) is 14.0 Å². The number of amides is 1. The minimum absolute atomic E-state index is 0.0778. The topological polar surface area (TPSA) is 72.9 Å². The number of nitrogens with zero attached hydrogens (tertiary/aromatic N) is 2. The highest BCUT2D eigenvalue weighted by Gasteiger charge is 2.11. The van der Waals surface area contributed by atoms with Gasteiger partial charge in [-0.2, -0.15) is 5.10 Å². The summed E-state index contributed by atoms with van der Waals surface area (Å²) in [6.45, 7) is 2.50. The highest BCUT2D eigenvalue weighted by atomic mass is 32.1. The Kier molecular flexibility index (Phi) is 5.09. The molecule has 1 aromatic rings. The number of carbonyl (C=O) groups is 1. The molecule has 0 spiro atoms. The van der Waals surface area contributed by atoms with Crippen LogP contribution >= 0.6 is 12.2 Å². The Bertz CT molecular complexity index is 414. The van der Waals surface area contributed by atoms with Gasteiger partial charge in [-0.25, -0.2) is 0 Å². The normalized spacial score (nSPS) is 10.2. The molecular formula is C11H18N4OS. The summed E-state index contributed by atoms with van der Waals surface area (Å²) in [7, 11) is 1.81.